The van der Waals surface area contributed by atoms with E-state index in [2.05, 4.69) is 10.3 Å². The quantitative estimate of drug-likeness (QED) is 0.411. The zero-order chi connectivity index (χ0) is 29.2. The fourth-order valence-electron chi connectivity index (χ4n) is 5.65. The highest BCUT2D eigenvalue weighted by atomic mass is 32.2. The number of nitrogens with zero attached hydrogens (tertiary/aromatic N) is 4. The second-order valence-corrected chi connectivity index (χ2v) is 11.9. The van der Waals surface area contributed by atoms with Gasteiger partial charge in [-0.15, -0.1) is 11.8 Å². The molecule has 1 aromatic heterocycles. The van der Waals surface area contributed by atoms with Crippen molar-refractivity contribution in [2.45, 2.75) is 55.0 Å². The highest BCUT2D eigenvalue weighted by Crippen LogP contribution is 2.35. The molecule has 2 saturated heterocycles. The third kappa shape index (κ3) is 5.67. The lowest BCUT2D eigenvalue weighted by Gasteiger charge is -2.33. The van der Waals surface area contributed by atoms with Crippen LogP contribution >= 0.6 is 11.8 Å². The minimum absolute atomic E-state index is 0.206. The Kier molecular flexibility index (Phi) is 7.80. The standard InChI is InChI=1S/C31H28FN5O4S/c32-25-14-19(15-33)4-7-26(25)36-12-10-21(11-13-36)42-22-6-5-20(34-16-22)18-41-28-3-1-2-23-24(28)17-37(31(23)40)27-8-9-29(38)35-30(27)39/h1-7,14,16,21,27H,8-13,17-18H2,(H,35,38,39). The van der Waals surface area contributed by atoms with Gasteiger partial charge in [-0.25, -0.2) is 4.39 Å². The third-order valence-corrected chi connectivity index (χ3v) is 9.19. The molecule has 1 N–H and O–H groups in total. The maximum Gasteiger partial charge on any atom is 0.255 e. The van der Waals surface area contributed by atoms with Crippen LogP contribution in [0.4, 0.5) is 10.1 Å². The first-order valence-electron chi connectivity index (χ1n) is 13.8. The van der Waals surface area contributed by atoms with E-state index in [1.807, 2.05) is 29.3 Å². The average molecular weight is 586 g/mol. The van der Waals surface area contributed by atoms with Crippen molar-refractivity contribution in [1.29, 1.82) is 5.26 Å². The summed E-state index contributed by atoms with van der Waals surface area (Å²) in [5.74, 6) is -0.787. The van der Waals surface area contributed by atoms with Crippen molar-refractivity contribution in [3.63, 3.8) is 0 Å². The van der Waals surface area contributed by atoms with Gasteiger partial charge in [-0.05, 0) is 61.7 Å². The summed E-state index contributed by atoms with van der Waals surface area (Å²) in [7, 11) is 0. The van der Waals surface area contributed by atoms with Gasteiger partial charge < -0.3 is 14.5 Å². The normalized spacial score (nSPS) is 19.0. The Morgan fingerprint density at radius 1 is 1.10 bits per heavy atom. The fraction of sp³-hybridized carbons (Fsp3) is 0.323. The Hall–Kier alpha value is -4.43. The van der Waals surface area contributed by atoms with Crippen LogP contribution in [0.5, 0.6) is 5.75 Å². The van der Waals surface area contributed by atoms with Gasteiger partial charge in [0.15, 0.2) is 0 Å². The fourth-order valence-corrected chi connectivity index (χ4v) is 6.74. The van der Waals surface area contributed by atoms with Crippen molar-refractivity contribution in [3.8, 4) is 11.8 Å². The smallest absolute Gasteiger partial charge is 0.255 e. The number of thioether (sulfide) groups is 1. The van der Waals surface area contributed by atoms with Crippen molar-refractivity contribution >= 4 is 35.2 Å². The molecule has 2 aromatic carbocycles. The number of ether oxygens (including phenoxy) is 1. The number of rotatable bonds is 7. The molecule has 3 aliphatic rings. The van der Waals surface area contributed by atoms with E-state index in [9.17, 15) is 18.8 Å². The number of carbonyl (C=O) groups is 3. The molecule has 0 bridgehead atoms. The zero-order valence-corrected chi connectivity index (χ0v) is 23.5. The predicted molar refractivity (Wildman–Crippen MR) is 153 cm³/mol. The monoisotopic (exact) mass is 585 g/mol. The third-order valence-electron chi connectivity index (χ3n) is 7.87. The largest absolute Gasteiger partial charge is 0.487 e. The molecule has 3 aliphatic heterocycles. The number of fused-ring (bicyclic) bond motifs is 1. The molecule has 11 heteroatoms. The van der Waals surface area contributed by atoms with E-state index in [0.29, 0.717) is 34.2 Å². The van der Waals surface area contributed by atoms with Crippen LogP contribution in [0.1, 0.15) is 52.9 Å². The number of benzene rings is 2. The SMILES string of the molecule is N#Cc1ccc(N2CCC(Sc3ccc(COc4cccc5c4CN(C4CCC(=O)NC4=O)C5=O)nc3)CC2)c(F)c1. The summed E-state index contributed by atoms with van der Waals surface area (Å²) >= 11 is 1.76. The number of carbonyl (C=O) groups excluding carboxylic acids is 3. The highest BCUT2D eigenvalue weighted by Gasteiger charge is 2.40. The van der Waals surface area contributed by atoms with Crippen molar-refractivity contribution in [1.82, 2.24) is 15.2 Å². The lowest BCUT2D eigenvalue weighted by Crippen LogP contribution is -2.52. The van der Waals surface area contributed by atoms with Gasteiger partial charge in [0.2, 0.25) is 11.8 Å². The molecule has 3 aromatic rings. The van der Waals surface area contributed by atoms with Crippen LogP contribution in [-0.2, 0) is 22.7 Å². The summed E-state index contributed by atoms with van der Waals surface area (Å²) in [6.07, 6.45) is 4.16. The number of hydrogen-bond acceptors (Lipinski definition) is 8. The lowest BCUT2D eigenvalue weighted by molar-refractivity contribution is -0.136. The Morgan fingerprint density at radius 3 is 2.64 bits per heavy atom. The molecular weight excluding hydrogens is 557 g/mol. The first-order chi connectivity index (χ1) is 20.4. The Labute approximate surface area is 246 Å². The molecule has 214 valence electrons. The summed E-state index contributed by atoms with van der Waals surface area (Å²) in [6, 6.07) is 15.1. The maximum absolute atomic E-state index is 14.4. The van der Waals surface area contributed by atoms with Crippen molar-refractivity contribution in [3.05, 3.63) is 82.9 Å². The summed E-state index contributed by atoms with van der Waals surface area (Å²) in [5.41, 5.74) is 2.84. The van der Waals surface area contributed by atoms with Gasteiger partial charge >= 0.3 is 0 Å². The zero-order valence-electron chi connectivity index (χ0n) is 22.7. The van der Waals surface area contributed by atoms with Crippen LogP contribution < -0.4 is 15.0 Å². The molecule has 2 fully saturated rings. The van der Waals surface area contributed by atoms with Gasteiger partial charge in [-0.2, -0.15) is 5.26 Å². The number of amides is 3. The van der Waals surface area contributed by atoms with Gasteiger partial charge in [-0.3, -0.25) is 24.7 Å². The van der Waals surface area contributed by atoms with E-state index >= 15 is 0 Å². The predicted octanol–water partition coefficient (Wildman–Crippen LogP) is 4.19. The topological polar surface area (TPSA) is 116 Å². The highest BCUT2D eigenvalue weighted by molar-refractivity contribution is 8.00. The van der Waals surface area contributed by atoms with Gasteiger partial charge in [0.25, 0.3) is 5.91 Å². The van der Waals surface area contributed by atoms with Crippen molar-refractivity contribution in [2.24, 2.45) is 0 Å². The Balaban J connectivity index is 1.02. The van der Waals surface area contributed by atoms with Gasteiger partial charge in [0.1, 0.15) is 24.2 Å². The Morgan fingerprint density at radius 2 is 1.93 bits per heavy atom. The maximum atomic E-state index is 14.4. The molecule has 1 atom stereocenters. The molecule has 4 heterocycles. The number of imide groups is 1. The van der Waals surface area contributed by atoms with E-state index < -0.39 is 11.9 Å². The summed E-state index contributed by atoms with van der Waals surface area (Å²) in [4.78, 5) is 46.1. The van der Waals surface area contributed by atoms with Crippen LogP contribution in [-0.4, -0.2) is 52.0 Å². The van der Waals surface area contributed by atoms with E-state index in [1.165, 1.54) is 11.0 Å². The number of nitrogens with one attached hydrogen (secondary N) is 1. The number of halogens is 1. The minimum atomic E-state index is -0.675. The summed E-state index contributed by atoms with van der Waals surface area (Å²) < 4.78 is 20.5. The number of aromatic nitrogens is 1. The van der Waals surface area contributed by atoms with Crippen LogP contribution in [0, 0.1) is 17.1 Å². The van der Waals surface area contributed by atoms with Crippen LogP contribution in [0.25, 0.3) is 0 Å². The van der Waals surface area contributed by atoms with Crippen LogP contribution in [0.3, 0.4) is 0 Å². The second-order valence-electron chi connectivity index (χ2n) is 10.5. The minimum Gasteiger partial charge on any atom is -0.487 e. The molecule has 0 spiro atoms. The molecule has 0 aliphatic carbocycles. The Bertz CT molecular complexity index is 1580. The van der Waals surface area contributed by atoms with E-state index in [-0.39, 0.29) is 37.2 Å². The number of piperidine rings is 2. The van der Waals surface area contributed by atoms with E-state index in [0.717, 1.165) is 42.1 Å². The van der Waals surface area contributed by atoms with E-state index in [4.69, 9.17) is 10.00 Å². The molecule has 1 unspecified atom stereocenters. The summed E-state index contributed by atoms with van der Waals surface area (Å²) in [5, 5.41) is 11.7. The molecule has 6 rings (SSSR count). The number of anilines is 1. The van der Waals surface area contributed by atoms with Crippen LogP contribution in [0.2, 0.25) is 0 Å². The number of hydrogen-bond donors (Lipinski definition) is 1. The molecule has 3 amide bonds. The first-order valence-corrected chi connectivity index (χ1v) is 14.7. The molecule has 0 saturated carbocycles. The molecule has 0 radical (unpaired) electrons. The number of pyridine rings is 1. The van der Waals surface area contributed by atoms with Gasteiger partial charge in [0.05, 0.1) is 29.6 Å². The van der Waals surface area contributed by atoms with Gasteiger partial charge in [0, 0.05) is 47.0 Å². The second kappa shape index (κ2) is 11.8. The summed E-state index contributed by atoms with van der Waals surface area (Å²) in [6.45, 7) is 1.95. The molecular formula is C31H28FN5O4S. The lowest BCUT2D eigenvalue weighted by atomic mass is 10.0. The van der Waals surface area contributed by atoms with Crippen molar-refractivity contribution in [2.75, 3.05) is 18.0 Å². The molecule has 42 heavy (non-hydrogen) atoms. The number of nitriles is 1. The average Bonchev–Trinajstić information content (AvgIpc) is 3.33. The van der Waals surface area contributed by atoms with Crippen molar-refractivity contribution < 1.29 is 23.5 Å². The first kappa shape index (κ1) is 27.7. The van der Waals surface area contributed by atoms with E-state index in [1.54, 1.807) is 42.1 Å². The van der Waals surface area contributed by atoms with Gasteiger partial charge in [-0.1, -0.05) is 6.07 Å². The van der Waals surface area contributed by atoms with Crippen LogP contribution in [0.15, 0.2) is 59.6 Å². The molecule has 9 nitrogen and oxygen atoms in total.